The van der Waals surface area contributed by atoms with E-state index in [0.717, 1.165) is 11.2 Å². The number of para-hydroxylation sites is 1. The number of aliphatic hydroxyl groups excluding tert-OH is 1. The minimum Gasteiger partial charge on any atom is -0.389 e. The number of hydrogen-bond donors (Lipinski definition) is 2. The van der Waals surface area contributed by atoms with Crippen LogP contribution in [-0.4, -0.2) is 51.5 Å². The number of pyridine rings is 1. The minimum atomic E-state index is -0.702. The molecular weight excluding hydrogens is 342 g/mol. The van der Waals surface area contributed by atoms with Crippen molar-refractivity contribution in [1.82, 2.24) is 15.0 Å². The zero-order chi connectivity index (χ0) is 19.3. The van der Waals surface area contributed by atoms with Crippen LogP contribution >= 0.6 is 0 Å². The predicted molar refractivity (Wildman–Crippen MR) is 106 cm³/mol. The highest BCUT2D eigenvalue weighted by Crippen LogP contribution is 2.25. The molecule has 0 spiro atoms. The van der Waals surface area contributed by atoms with Gasteiger partial charge in [0.2, 0.25) is 0 Å². The maximum absolute atomic E-state index is 10.5. The van der Waals surface area contributed by atoms with Crippen molar-refractivity contribution in [3.63, 3.8) is 0 Å². The van der Waals surface area contributed by atoms with Crippen LogP contribution in [0, 0.1) is 0 Å². The highest BCUT2D eigenvalue weighted by Gasteiger charge is 2.18. The largest absolute Gasteiger partial charge is 0.389 e. The number of hydrogen-bond acceptors (Lipinski definition) is 7. The monoisotopic (exact) mass is 367 g/mol. The van der Waals surface area contributed by atoms with Crippen LogP contribution in [-0.2, 0) is 4.74 Å². The van der Waals surface area contributed by atoms with E-state index in [4.69, 9.17) is 10.5 Å². The van der Waals surface area contributed by atoms with Crippen LogP contribution in [0.4, 0.5) is 11.5 Å². The summed E-state index contributed by atoms with van der Waals surface area (Å²) < 4.78 is 5.56. The van der Waals surface area contributed by atoms with Crippen molar-refractivity contribution in [3.05, 3.63) is 54.9 Å². The fraction of sp³-hybridized carbons (Fsp3) is 0.350. The van der Waals surface area contributed by atoms with E-state index in [2.05, 4.69) is 15.0 Å². The molecule has 7 heteroatoms. The molecule has 1 unspecified atom stereocenters. The van der Waals surface area contributed by atoms with Crippen LogP contribution in [0.15, 0.2) is 54.9 Å². The zero-order valence-corrected chi connectivity index (χ0v) is 15.6. The van der Waals surface area contributed by atoms with Gasteiger partial charge in [0.25, 0.3) is 0 Å². The van der Waals surface area contributed by atoms with E-state index >= 15 is 0 Å². The number of rotatable bonds is 8. The Morgan fingerprint density at radius 1 is 1.11 bits per heavy atom. The number of nitrogens with two attached hydrogens (primary N) is 1. The lowest BCUT2D eigenvalue weighted by Gasteiger charge is -2.27. The Labute approximate surface area is 158 Å². The summed E-state index contributed by atoms with van der Waals surface area (Å²) in [6.45, 7) is 4.66. The maximum Gasteiger partial charge on any atom is 0.180 e. The number of fused-ring (bicyclic) bond motifs is 1. The Morgan fingerprint density at radius 3 is 2.59 bits per heavy atom. The van der Waals surface area contributed by atoms with Gasteiger partial charge in [0, 0.05) is 23.6 Å². The second-order valence-electron chi connectivity index (χ2n) is 7.17. The molecule has 0 fully saturated rings. The highest BCUT2D eigenvalue weighted by molar-refractivity contribution is 5.73. The fourth-order valence-electron chi connectivity index (χ4n) is 2.66. The normalized spacial score (nSPS) is 12.9. The summed E-state index contributed by atoms with van der Waals surface area (Å²) in [5.41, 5.74) is 7.69. The Morgan fingerprint density at radius 2 is 1.85 bits per heavy atom. The van der Waals surface area contributed by atoms with E-state index in [-0.39, 0.29) is 6.61 Å². The van der Waals surface area contributed by atoms with Gasteiger partial charge in [0.15, 0.2) is 5.65 Å². The fourth-order valence-corrected chi connectivity index (χ4v) is 2.66. The number of aromatic nitrogens is 3. The number of anilines is 2. The van der Waals surface area contributed by atoms with Gasteiger partial charge < -0.3 is 20.5 Å². The third-order valence-corrected chi connectivity index (χ3v) is 3.84. The molecule has 0 aliphatic heterocycles. The third kappa shape index (κ3) is 5.43. The Hall–Kier alpha value is -2.61. The van der Waals surface area contributed by atoms with Gasteiger partial charge in [-0.15, -0.1) is 0 Å². The van der Waals surface area contributed by atoms with Crippen LogP contribution in [0.1, 0.15) is 13.8 Å². The van der Waals surface area contributed by atoms with E-state index in [0.29, 0.717) is 24.6 Å². The molecule has 0 radical (unpaired) electrons. The Kier molecular flexibility index (Phi) is 5.95. The van der Waals surface area contributed by atoms with Crippen molar-refractivity contribution in [1.29, 1.82) is 0 Å². The Balaban J connectivity index is 1.81. The van der Waals surface area contributed by atoms with Gasteiger partial charge in [-0.2, -0.15) is 0 Å². The number of nitrogens with zero attached hydrogens (tertiary/aromatic N) is 4. The van der Waals surface area contributed by atoms with Crippen LogP contribution in [0.25, 0.3) is 11.2 Å². The van der Waals surface area contributed by atoms with E-state index in [1.54, 1.807) is 12.4 Å². The number of ether oxygens (including phenoxy) is 1. The molecule has 27 heavy (non-hydrogen) atoms. The van der Waals surface area contributed by atoms with Crippen LogP contribution in [0.2, 0.25) is 0 Å². The first-order chi connectivity index (χ1) is 12.9. The summed E-state index contributed by atoms with van der Waals surface area (Å²) in [7, 11) is 0. The molecule has 0 amide bonds. The van der Waals surface area contributed by atoms with Gasteiger partial charge in [-0.25, -0.2) is 9.97 Å². The molecule has 7 nitrogen and oxygen atoms in total. The molecule has 3 rings (SSSR count). The smallest absolute Gasteiger partial charge is 0.180 e. The van der Waals surface area contributed by atoms with Crippen LogP contribution in [0.3, 0.4) is 0 Å². The lowest BCUT2D eigenvalue weighted by Crippen LogP contribution is -2.39. The van der Waals surface area contributed by atoms with Crippen molar-refractivity contribution >= 4 is 22.7 Å². The van der Waals surface area contributed by atoms with Crippen molar-refractivity contribution in [2.45, 2.75) is 25.5 Å². The molecule has 2 heterocycles. The first-order valence-corrected chi connectivity index (χ1v) is 8.87. The molecule has 3 N–H and O–H groups in total. The molecule has 0 aliphatic rings. The lowest BCUT2D eigenvalue weighted by atomic mass is 10.1. The molecule has 3 aromatic rings. The van der Waals surface area contributed by atoms with Gasteiger partial charge in [-0.05, 0) is 38.1 Å². The summed E-state index contributed by atoms with van der Waals surface area (Å²) in [6.07, 6.45) is 2.55. The molecule has 0 aliphatic carbocycles. The summed E-state index contributed by atoms with van der Waals surface area (Å²) in [6, 6.07) is 13.5. The second kappa shape index (κ2) is 8.39. The van der Waals surface area contributed by atoms with E-state index in [1.165, 1.54) is 0 Å². The molecule has 0 saturated carbocycles. The quantitative estimate of drug-likeness (QED) is 0.630. The number of benzene rings is 1. The minimum absolute atomic E-state index is 0.192. The van der Waals surface area contributed by atoms with Crippen molar-refractivity contribution < 1.29 is 9.84 Å². The zero-order valence-electron chi connectivity index (χ0n) is 15.6. The van der Waals surface area contributed by atoms with Gasteiger partial charge >= 0.3 is 0 Å². The lowest BCUT2D eigenvalue weighted by molar-refractivity contribution is 0.0243. The first kappa shape index (κ1) is 19.2. The van der Waals surface area contributed by atoms with E-state index in [1.807, 2.05) is 61.2 Å². The van der Waals surface area contributed by atoms with Crippen molar-refractivity contribution in [2.24, 2.45) is 5.73 Å². The van der Waals surface area contributed by atoms with E-state index < -0.39 is 11.6 Å². The Bertz CT molecular complexity index is 867. The highest BCUT2D eigenvalue weighted by atomic mass is 16.5. The summed E-state index contributed by atoms with van der Waals surface area (Å²) in [5.74, 6) is 0.687. The topological polar surface area (TPSA) is 97.4 Å². The van der Waals surface area contributed by atoms with Crippen molar-refractivity contribution in [2.75, 3.05) is 24.7 Å². The molecule has 0 bridgehead atoms. The third-order valence-electron chi connectivity index (χ3n) is 3.84. The van der Waals surface area contributed by atoms with Crippen molar-refractivity contribution in [3.8, 4) is 0 Å². The maximum atomic E-state index is 10.5. The standard InChI is InChI=1S/C20H25N5O2/c1-20(2,21)14-27-13-16(26)12-25(15-6-4-3-5-7-15)18-9-8-17-19(24-18)23-11-10-22-17/h3-11,16,26H,12-14,21H2,1-2H3. The van der Waals surface area contributed by atoms with Gasteiger partial charge in [-0.3, -0.25) is 4.98 Å². The van der Waals surface area contributed by atoms with E-state index in [9.17, 15) is 5.11 Å². The average Bonchev–Trinajstić information content (AvgIpc) is 2.65. The molecule has 0 saturated heterocycles. The summed E-state index contributed by atoms with van der Waals surface area (Å²) in [5, 5.41) is 10.5. The SMILES string of the molecule is CC(C)(N)COCC(O)CN(c1ccccc1)c1ccc2nccnc2n1. The van der Waals surface area contributed by atoms with Gasteiger partial charge in [-0.1, -0.05) is 18.2 Å². The average molecular weight is 367 g/mol. The molecule has 1 aromatic carbocycles. The predicted octanol–water partition coefficient (Wildman–Crippen LogP) is 2.28. The van der Waals surface area contributed by atoms with Crippen LogP contribution in [0.5, 0.6) is 0 Å². The number of aliphatic hydroxyl groups is 1. The van der Waals surface area contributed by atoms with Gasteiger partial charge in [0.05, 0.1) is 25.9 Å². The molecule has 142 valence electrons. The van der Waals surface area contributed by atoms with Gasteiger partial charge in [0.1, 0.15) is 11.3 Å². The summed E-state index contributed by atoms with van der Waals surface area (Å²) >= 11 is 0. The molecule has 2 aromatic heterocycles. The summed E-state index contributed by atoms with van der Waals surface area (Å²) in [4.78, 5) is 15.1. The first-order valence-electron chi connectivity index (χ1n) is 8.87. The molecule has 1 atom stereocenters. The second-order valence-corrected chi connectivity index (χ2v) is 7.17. The molecular formula is C20H25N5O2. The van der Waals surface area contributed by atoms with Crippen LogP contribution < -0.4 is 10.6 Å².